The number of hydrogen-bond donors (Lipinski definition) is 0. The maximum Gasteiger partial charge on any atom is 0.534 e. The van der Waals surface area contributed by atoms with E-state index in [2.05, 4.69) is 43.1 Å². The summed E-state index contributed by atoms with van der Waals surface area (Å²) >= 11 is 0. The van der Waals surface area contributed by atoms with Gasteiger partial charge in [-0.25, -0.2) is 4.79 Å². The zero-order chi connectivity index (χ0) is 38.9. The van der Waals surface area contributed by atoms with Crippen LogP contribution in [-0.4, -0.2) is 72.9 Å². The molecule has 0 saturated heterocycles. The normalized spacial score (nSPS) is 23.9. The van der Waals surface area contributed by atoms with Gasteiger partial charge in [0, 0.05) is 12.5 Å². The van der Waals surface area contributed by atoms with Gasteiger partial charge >= 0.3 is 27.9 Å². The number of carbonyl (C=O) groups excluding carboxylic acids is 1. The highest BCUT2D eigenvalue weighted by molar-refractivity contribution is 7.87. The molecule has 4 rings (SSSR count). The molecule has 2 heterocycles. The van der Waals surface area contributed by atoms with Crippen molar-refractivity contribution in [3.05, 3.63) is 35.5 Å². The van der Waals surface area contributed by atoms with Gasteiger partial charge in [-0.05, 0) is 83.8 Å². The second-order valence-corrected chi connectivity index (χ2v) is 22.2. The summed E-state index contributed by atoms with van der Waals surface area (Å²) in [4.78, 5) is 14.2. The number of hydrogen-bond acceptors (Lipinski definition) is 8. The van der Waals surface area contributed by atoms with Crippen LogP contribution in [-0.2, 0) is 29.6 Å². The number of alkyl halides is 6. The number of carbonyl (C=O) groups is 1. The fourth-order valence-corrected chi connectivity index (χ4v) is 8.21. The van der Waals surface area contributed by atoms with Gasteiger partial charge in [-0.1, -0.05) is 20.8 Å². The molecule has 10 nitrogen and oxygen atoms in total. The maximum absolute atomic E-state index is 15.3. The first-order valence-corrected chi connectivity index (χ1v) is 20.5. The molecule has 2 aromatic rings. The monoisotopic (exact) mass is 775 g/mol. The lowest BCUT2D eigenvalue weighted by atomic mass is 9.77. The molecule has 1 amide bonds. The van der Waals surface area contributed by atoms with E-state index in [0.717, 1.165) is 21.7 Å². The molecule has 1 aromatic carbocycles. The Labute approximate surface area is 293 Å². The lowest BCUT2D eigenvalue weighted by Crippen LogP contribution is -2.54. The van der Waals surface area contributed by atoms with Crippen LogP contribution in [0.4, 0.5) is 35.5 Å². The lowest BCUT2D eigenvalue weighted by Gasteiger charge is -2.51. The van der Waals surface area contributed by atoms with Gasteiger partial charge in [0.1, 0.15) is 23.7 Å². The van der Waals surface area contributed by atoms with Gasteiger partial charge < -0.3 is 18.1 Å². The highest BCUT2D eigenvalue weighted by Crippen LogP contribution is 2.51. The number of ether oxygens (including phenoxy) is 2. The van der Waals surface area contributed by atoms with Crippen molar-refractivity contribution >= 4 is 35.4 Å². The number of fused-ring (bicyclic) bond motifs is 1. The Bertz CT molecular complexity index is 1790. The molecule has 2 atom stereocenters. The predicted octanol–water partition coefficient (Wildman–Crippen LogP) is 8.84. The van der Waals surface area contributed by atoms with Crippen LogP contribution >= 0.6 is 0 Å². The molecular weight excluding hydrogens is 732 g/mol. The number of aromatic nitrogens is 2. The Morgan fingerprint density at radius 3 is 2.14 bits per heavy atom. The molecule has 19 heteroatoms. The number of rotatable bonds is 8. The number of halogens is 7. The molecule has 1 aromatic heterocycles. The summed E-state index contributed by atoms with van der Waals surface area (Å²) in [7, 11) is -8.32. The summed E-state index contributed by atoms with van der Waals surface area (Å²) in [5.74, 6) is -2.35. The van der Waals surface area contributed by atoms with Crippen molar-refractivity contribution in [2.75, 3.05) is 6.61 Å². The summed E-state index contributed by atoms with van der Waals surface area (Å²) in [5.41, 5.74) is -9.17. The van der Waals surface area contributed by atoms with Crippen molar-refractivity contribution in [2.45, 2.75) is 134 Å². The first-order chi connectivity index (χ1) is 22.8. The average molecular weight is 776 g/mol. The molecule has 0 radical (unpaired) electrons. The van der Waals surface area contributed by atoms with E-state index in [1.807, 2.05) is 6.92 Å². The van der Waals surface area contributed by atoms with Crippen molar-refractivity contribution in [1.29, 1.82) is 0 Å². The Morgan fingerprint density at radius 1 is 1.04 bits per heavy atom. The van der Waals surface area contributed by atoms with Crippen molar-refractivity contribution in [3.8, 4) is 5.75 Å². The van der Waals surface area contributed by atoms with E-state index in [1.165, 1.54) is 6.92 Å². The van der Waals surface area contributed by atoms with E-state index in [9.17, 15) is 39.6 Å². The van der Waals surface area contributed by atoms with Gasteiger partial charge in [0.2, 0.25) is 5.95 Å². The number of amides is 1. The molecule has 51 heavy (non-hydrogen) atoms. The molecule has 1 fully saturated rings. The van der Waals surface area contributed by atoms with E-state index in [-0.39, 0.29) is 5.04 Å². The average Bonchev–Trinajstić information content (AvgIpc) is 3.22. The fraction of sp³-hybridized carbons (Fsp3) is 0.688. The minimum atomic E-state index is -6.08. The minimum absolute atomic E-state index is 0.115. The van der Waals surface area contributed by atoms with Crippen LogP contribution in [0.2, 0.25) is 18.1 Å². The Balaban J connectivity index is 1.68. The van der Waals surface area contributed by atoms with Crippen molar-refractivity contribution in [2.24, 2.45) is 0 Å². The molecule has 1 aliphatic heterocycles. The zero-order valence-corrected chi connectivity index (χ0v) is 31.9. The van der Waals surface area contributed by atoms with Gasteiger partial charge in [0.15, 0.2) is 8.32 Å². The molecule has 0 bridgehead atoms. The third-order valence-electron chi connectivity index (χ3n) is 9.26. The zero-order valence-electron chi connectivity index (χ0n) is 30.0. The number of benzene rings is 1. The summed E-state index contributed by atoms with van der Waals surface area (Å²) in [6.45, 7) is 17.5. The first-order valence-electron chi connectivity index (χ1n) is 16.2. The third-order valence-corrected chi connectivity index (χ3v) is 14.9. The Morgan fingerprint density at radius 2 is 1.63 bits per heavy atom. The van der Waals surface area contributed by atoms with Crippen LogP contribution in [0.3, 0.4) is 0 Å². The maximum atomic E-state index is 15.3. The van der Waals surface area contributed by atoms with Crippen molar-refractivity contribution in [1.82, 2.24) is 14.7 Å². The molecule has 1 aliphatic carbocycles. The van der Waals surface area contributed by atoms with Gasteiger partial charge in [-0.2, -0.15) is 39.2 Å². The van der Waals surface area contributed by atoms with E-state index < -0.39 is 112 Å². The van der Waals surface area contributed by atoms with E-state index in [4.69, 9.17) is 13.9 Å². The lowest BCUT2D eigenvalue weighted by molar-refractivity contribution is -0.136. The second kappa shape index (κ2) is 13.1. The summed E-state index contributed by atoms with van der Waals surface area (Å²) in [6.07, 6.45) is -4.95. The minimum Gasteiger partial charge on any atom is -0.491 e. The van der Waals surface area contributed by atoms with Gasteiger partial charge in [-0.15, -0.1) is 5.10 Å². The van der Waals surface area contributed by atoms with E-state index in [1.54, 1.807) is 20.8 Å². The molecule has 288 valence electrons. The van der Waals surface area contributed by atoms with Crippen LogP contribution in [0, 0.1) is 5.95 Å². The molecule has 0 unspecified atom stereocenters. The molecule has 2 aliphatic rings. The van der Waals surface area contributed by atoms with Crippen LogP contribution in [0.5, 0.6) is 5.75 Å². The quantitative estimate of drug-likeness (QED) is 0.113. The Hall–Kier alpha value is -3.06. The van der Waals surface area contributed by atoms with Crippen LogP contribution < -0.4 is 4.74 Å². The van der Waals surface area contributed by atoms with E-state index >= 15 is 4.39 Å². The van der Waals surface area contributed by atoms with Crippen LogP contribution in [0.15, 0.2) is 24.0 Å². The first kappa shape index (κ1) is 40.7. The highest BCUT2D eigenvalue weighted by Gasteiger charge is 2.51. The molecule has 1 saturated carbocycles. The van der Waals surface area contributed by atoms with Crippen molar-refractivity contribution in [3.63, 3.8) is 0 Å². The van der Waals surface area contributed by atoms with Gasteiger partial charge in [0.05, 0.1) is 34.2 Å². The molecule has 0 spiro atoms. The van der Waals surface area contributed by atoms with Gasteiger partial charge in [0.25, 0.3) is 0 Å². The van der Waals surface area contributed by atoms with E-state index in [0.29, 0.717) is 18.9 Å². The van der Waals surface area contributed by atoms with Crippen LogP contribution in [0.1, 0.15) is 86.3 Å². The summed E-state index contributed by atoms with van der Waals surface area (Å²) in [5, 5.41) is 3.23. The largest absolute Gasteiger partial charge is 0.534 e. The second-order valence-electron chi connectivity index (χ2n) is 15.9. The van der Waals surface area contributed by atoms with Crippen LogP contribution in [0.25, 0.3) is 10.9 Å². The van der Waals surface area contributed by atoms with Crippen molar-refractivity contribution < 1.29 is 62.0 Å². The third kappa shape index (κ3) is 8.77. The topological polar surface area (TPSA) is 109 Å². The number of nitrogens with zero attached hydrogens (tertiary/aromatic N) is 3. The molecule has 0 N–H and O–H groups in total. The summed E-state index contributed by atoms with van der Waals surface area (Å²) in [6, 6.07) is -1.33. The molecular formula is C32H44F7N3O7SSi. The fourth-order valence-electron chi connectivity index (χ4n) is 6.01. The summed E-state index contributed by atoms with van der Waals surface area (Å²) < 4.78 is 145. The SMILES string of the molecule is C[C@H]1CC(OS(=O)(=O)C(F)(F)F)=C[C@@H](COc2cc(C(F)(F)F)c3c(c2)c(F)nn3C2CC(C)(O[Si](C)(C)C(C)(C)C)C2)N1C(=O)OC(C)(C)C. The predicted molar refractivity (Wildman–Crippen MR) is 175 cm³/mol. The highest BCUT2D eigenvalue weighted by atomic mass is 32.2. The smallest absolute Gasteiger partial charge is 0.491 e. The Kier molecular flexibility index (Phi) is 10.5. The van der Waals surface area contributed by atoms with Gasteiger partial charge in [-0.3, -0.25) is 9.58 Å². The standard InChI is InChI=1S/C32H44F7N3O7SSi/c1-18-11-22(48-50(44,45)32(37,38)39)12-19(41(18)27(43)47-28(2,3)4)17-46-21-13-23-25(24(14-21)31(34,35)36)42(40-26(23)33)20-15-30(8,16-20)49-51(9,10)29(5,6)7/h12-14,18-20H,11,15-17H2,1-10H3/t18-,19-,20?,30?/m0/s1.